The van der Waals surface area contributed by atoms with Gasteiger partial charge in [0.15, 0.2) is 0 Å². The van der Waals surface area contributed by atoms with Crippen LogP contribution < -0.4 is 10.1 Å². The van der Waals surface area contributed by atoms with E-state index in [1.165, 1.54) is 11.1 Å². The molecule has 2 aromatic carbocycles. The van der Waals surface area contributed by atoms with Crippen molar-refractivity contribution in [2.45, 2.75) is 32.4 Å². The lowest BCUT2D eigenvalue weighted by Gasteiger charge is -2.19. The first-order valence-corrected chi connectivity index (χ1v) is 8.14. The fourth-order valence-corrected chi connectivity index (χ4v) is 2.89. The van der Waals surface area contributed by atoms with E-state index in [9.17, 15) is 0 Å². The highest BCUT2D eigenvalue weighted by Crippen LogP contribution is 2.25. The van der Waals surface area contributed by atoms with E-state index < -0.39 is 0 Å². The number of nitrogens with one attached hydrogen (secondary N) is 1. The first-order chi connectivity index (χ1) is 10.2. The average Bonchev–Trinajstić information content (AvgIpc) is 2.52. The van der Waals surface area contributed by atoms with Gasteiger partial charge in [-0.3, -0.25) is 0 Å². The number of hydrogen-bond donors (Lipinski definition) is 1. The highest BCUT2D eigenvalue weighted by atomic mass is 79.9. The molecule has 0 spiro atoms. The first-order valence-electron chi connectivity index (χ1n) is 7.35. The molecule has 0 heterocycles. The Bertz CT molecular complexity index is 562. The van der Waals surface area contributed by atoms with Crippen molar-refractivity contribution >= 4 is 28.3 Å². The minimum absolute atomic E-state index is 0. The van der Waals surface area contributed by atoms with Crippen molar-refractivity contribution in [2.24, 2.45) is 0 Å². The second-order valence-corrected chi connectivity index (χ2v) is 6.00. The van der Waals surface area contributed by atoms with Crippen LogP contribution in [0.4, 0.5) is 0 Å². The Labute approximate surface area is 147 Å². The zero-order valence-electron chi connectivity index (χ0n) is 13.0. The van der Waals surface area contributed by atoms with Crippen LogP contribution in [0.3, 0.4) is 0 Å². The Balaban J connectivity index is 0.00000242. The van der Waals surface area contributed by atoms with Gasteiger partial charge in [0.2, 0.25) is 0 Å². The molecule has 0 saturated carbocycles. The minimum atomic E-state index is 0. The summed E-state index contributed by atoms with van der Waals surface area (Å²) >= 11 is 3.52. The number of ether oxygens (including phenoxy) is 1. The van der Waals surface area contributed by atoms with E-state index in [0.717, 1.165) is 29.6 Å². The van der Waals surface area contributed by atoms with Gasteiger partial charge in [0.05, 0.1) is 7.11 Å². The molecule has 1 N–H and O–H groups in total. The quantitative estimate of drug-likeness (QED) is 0.679. The zero-order valence-corrected chi connectivity index (χ0v) is 15.4. The van der Waals surface area contributed by atoms with Crippen molar-refractivity contribution in [2.75, 3.05) is 7.11 Å². The number of halogens is 2. The minimum Gasteiger partial charge on any atom is -0.496 e. The number of hydrogen-bond acceptors (Lipinski definition) is 2. The fraction of sp³-hybridized carbons (Fsp3) is 0.333. The van der Waals surface area contributed by atoms with E-state index in [1.54, 1.807) is 7.11 Å². The highest BCUT2D eigenvalue weighted by molar-refractivity contribution is 9.10. The predicted molar refractivity (Wildman–Crippen MR) is 98.9 cm³/mol. The smallest absolute Gasteiger partial charge is 0.123 e. The molecule has 120 valence electrons. The van der Waals surface area contributed by atoms with Crippen LogP contribution in [0.1, 0.15) is 36.9 Å². The summed E-state index contributed by atoms with van der Waals surface area (Å²) in [7, 11) is 1.72. The lowest BCUT2D eigenvalue weighted by molar-refractivity contribution is 0.403. The molecule has 1 atom stereocenters. The summed E-state index contributed by atoms with van der Waals surface area (Å²) in [4.78, 5) is 0. The normalized spacial score (nSPS) is 11.6. The summed E-state index contributed by atoms with van der Waals surface area (Å²) < 4.78 is 6.51. The molecule has 1 unspecified atom stereocenters. The second-order valence-electron chi connectivity index (χ2n) is 5.09. The van der Waals surface area contributed by atoms with Crippen molar-refractivity contribution in [3.63, 3.8) is 0 Å². The summed E-state index contributed by atoms with van der Waals surface area (Å²) in [6.07, 6.45) is 2.28. The lowest BCUT2D eigenvalue weighted by atomic mass is 10.0. The molecule has 2 rings (SSSR count). The predicted octanol–water partition coefficient (Wildman–Crippen LogP) is 5.51. The van der Waals surface area contributed by atoms with E-state index in [4.69, 9.17) is 4.74 Å². The fourth-order valence-electron chi connectivity index (χ4n) is 2.48. The molecular weight excluding hydrogens is 362 g/mol. The van der Waals surface area contributed by atoms with Crippen molar-refractivity contribution in [3.8, 4) is 5.75 Å². The van der Waals surface area contributed by atoms with Crippen LogP contribution >= 0.6 is 28.3 Å². The van der Waals surface area contributed by atoms with Crippen LogP contribution in [-0.4, -0.2) is 7.11 Å². The van der Waals surface area contributed by atoms with Crippen LogP contribution in [0.5, 0.6) is 5.75 Å². The Morgan fingerprint density at radius 1 is 1.14 bits per heavy atom. The van der Waals surface area contributed by atoms with Crippen molar-refractivity contribution in [3.05, 3.63) is 64.1 Å². The van der Waals surface area contributed by atoms with Gasteiger partial charge in [-0.1, -0.05) is 59.6 Å². The molecule has 0 radical (unpaired) electrons. The van der Waals surface area contributed by atoms with E-state index in [-0.39, 0.29) is 12.4 Å². The zero-order chi connectivity index (χ0) is 15.1. The highest BCUT2D eigenvalue weighted by Gasteiger charge is 2.11. The number of benzene rings is 2. The molecule has 0 bridgehead atoms. The molecule has 22 heavy (non-hydrogen) atoms. The van der Waals surface area contributed by atoms with Gasteiger partial charge < -0.3 is 10.1 Å². The molecule has 0 amide bonds. The largest absolute Gasteiger partial charge is 0.496 e. The maximum Gasteiger partial charge on any atom is 0.123 e. The monoisotopic (exact) mass is 383 g/mol. The van der Waals surface area contributed by atoms with Crippen LogP contribution in [0.25, 0.3) is 0 Å². The van der Waals surface area contributed by atoms with E-state index in [1.807, 2.05) is 12.1 Å². The summed E-state index contributed by atoms with van der Waals surface area (Å²) in [5, 5.41) is 3.65. The van der Waals surface area contributed by atoms with Gasteiger partial charge >= 0.3 is 0 Å². The van der Waals surface area contributed by atoms with E-state index in [0.29, 0.717) is 6.04 Å². The summed E-state index contributed by atoms with van der Waals surface area (Å²) in [5.41, 5.74) is 2.51. The molecule has 2 nitrogen and oxygen atoms in total. The Hall–Kier alpha value is -1.03. The standard InChI is InChI=1S/C18H22BrNO.ClH/c1-3-7-17(14-8-5-4-6-9-14)20-13-15-12-16(19)10-11-18(15)21-2;/h4-6,8-12,17,20H,3,7,13H2,1-2H3;1H. The SMILES string of the molecule is CCCC(NCc1cc(Br)ccc1OC)c1ccccc1.Cl. The van der Waals surface area contributed by atoms with Crippen molar-refractivity contribution in [1.29, 1.82) is 0 Å². The average molecular weight is 385 g/mol. The molecule has 0 aliphatic heterocycles. The van der Waals surface area contributed by atoms with Crippen LogP contribution in [0.15, 0.2) is 53.0 Å². The Kier molecular flexibility index (Phi) is 8.54. The maximum atomic E-state index is 5.44. The van der Waals surface area contributed by atoms with Gasteiger partial charge in [-0.25, -0.2) is 0 Å². The third-order valence-corrected chi connectivity index (χ3v) is 4.05. The lowest BCUT2D eigenvalue weighted by Crippen LogP contribution is -2.21. The molecule has 0 fully saturated rings. The summed E-state index contributed by atoms with van der Waals surface area (Å²) in [6, 6.07) is 17.1. The molecule has 0 aliphatic rings. The molecule has 2 aromatic rings. The first kappa shape index (κ1) is 19.0. The number of methoxy groups -OCH3 is 1. The van der Waals surface area contributed by atoms with Gasteiger partial charge in [0.25, 0.3) is 0 Å². The third-order valence-electron chi connectivity index (χ3n) is 3.56. The molecule has 4 heteroatoms. The molecule has 0 aromatic heterocycles. The number of rotatable bonds is 7. The molecular formula is C18H23BrClNO. The van der Waals surface area contributed by atoms with Crippen molar-refractivity contribution in [1.82, 2.24) is 5.32 Å². The van der Waals surface area contributed by atoms with E-state index in [2.05, 4.69) is 64.6 Å². The van der Waals surface area contributed by atoms with Crippen molar-refractivity contribution < 1.29 is 4.74 Å². The van der Waals surface area contributed by atoms with Gasteiger partial charge in [0, 0.05) is 22.6 Å². The Morgan fingerprint density at radius 3 is 2.50 bits per heavy atom. The molecule has 0 aliphatic carbocycles. The van der Waals surface area contributed by atoms with Crippen LogP contribution in [0.2, 0.25) is 0 Å². The maximum absolute atomic E-state index is 5.44. The van der Waals surface area contributed by atoms with Gasteiger partial charge in [-0.2, -0.15) is 0 Å². The molecule has 0 saturated heterocycles. The summed E-state index contributed by atoms with van der Waals surface area (Å²) in [5.74, 6) is 0.925. The van der Waals surface area contributed by atoms with E-state index >= 15 is 0 Å². The van der Waals surface area contributed by atoms with Gasteiger partial charge in [-0.05, 0) is 30.2 Å². The topological polar surface area (TPSA) is 21.3 Å². The summed E-state index contributed by atoms with van der Waals surface area (Å²) in [6.45, 7) is 3.01. The van der Waals surface area contributed by atoms with Crippen LogP contribution in [0, 0.1) is 0 Å². The Morgan fingerprint density at radius 2 is 1.86 bits per heavy atom. The van der Waals surface area contributed by atoms with Crippen LogP contribution in [-0.2, 0) is 6.54 Å². The van der Waals surface area contributed by atoms with Gasteiger partial charge in [0.1, 0.15) is 5.75 Å². The second kappa shape index (κ2) is 9.88. The third kappa shape index (κ3) is 5.31. The van der Waals surface area contributed by atoms with Gasteiger partial charge in [-0.15, -0.1) is 12.4 Å².